The lowest BCUT2D eigenvalue weighted by atomic mass is 10.0. The van der Waals surface area contributed by atoms with E-state index >= 15 is 0 Å². The van der Waals surface area contributed by atoms with Crippen molar-refractivity contribution in [2.75, 3.05) is 20.2 Å². The molecule has 106 valence electrons. The van der Waals surface area contributed by atoms with E-state index in [4.69, 9.17) is 16.3 Å². The van der Waals surface area contributed by atoms with Crippen LogP contribution in [0, 0.1) is 5.92 Å². The average Bonchev–Trinajstić information content (AvgIpc) is 2.40. The van der Waals surface area contributed by atoms with Crippen LogP contribution < -0.4 is 4.74 Å². The summed E-state index contributed by atoms with van der Waals surface area (Å²) in [5, 5.41) is 0.652. The zero-order valence-corrected chi connectivity index (χ0v) is 12.6. The molecule has 0 aliphatic rings. The molecule has 4 heteroatoms. The molecule has 1 aromatic carbocycles. The summed E-state index contributed by atoms with van der Waals surface area (Å²) in [7, 11) is 1.82. The maximum absolute atomic E-state index is 12.1. The van der Waals surface area contributed by atoms with Crippen LogP contribution in [0.4, 0.5) is 0 Å². The minimum Gasteiger partial charge on any atom is -0.492 e. The first kappa shape index (κ1) is 15.8. The Morgan fingerprint density at radius 2 is 2.05 bits per heavy atom. The normalized spacial score (nSPS) is 10.6. The van der Waals surface area contributed by atoms with Crippen LogP contribution in [0.1, 0.15) is 26.7 Å². The summed E-state index contributed by atoms with van der Waals surface area (Å²) < 4.78 is 5.58. The van der Waals surface area contributed by atoms with Gasteiger partial charge in [0.15, 0.2) is 0 Å². The Morgan fingerprint density at radius 3 is 2.63 bits per heavy atom. The minimum absolute atomic E-state index is 0.121. The van der Waals surface area contributed by atoms with E-state index in [0.29, 0.717) is 18.2 Å². The van der Waals surface area contributed by atoms with E-state index in [2.05, 4.69) is 0 Å². The zero-order valence-electron chi connectivity index (χ0n) is 11.9. The van der Waals surface area contributed by atoms with Gasteiger partial charge in [-0.3, -0.25) is 4.79 Å². The topological polar surface area (TPSA) is 29.5 Å². The van der Waals surface area contributed by atoms with Gasteiger partial charge in [-0.2, -0.15) is 0 Å². The molecule has 0 heterocycles. The molecule has 1 amide bonds. The van der Waals surface area contributed by atoms with Gasteiger partial charge in [0.1, 0.15) is 12.4 Å². The summed E-state index contributed by atoms with van der Waals surface area (Å²) in [6.07, 6.45) is 1.77. The van der Waals surface area contributed by atoms with Gasteiger partial charge in [-0.25, -0.2) is 0 Å². The number of benzene rings is 1. The van der Waals surface area contributed by atoms with Crippen molar-refractivity contribution in [3.63, 3.8) is 0 Å². The van der Waals surface area contributed by atoms with Crippen molar-refractivity contribution >= 4 is 17.5 Å². The van der Waals surface area contributed by atoms with Crippen molar-refractivity contribution in [3.8, 4) is 5.75 Å². The van der Waals surface area contributed by atoms with E-state index in [-0.39, 0.29) is 11.8 Å². The highest BCUT2D eigenvalue weighted by Gasteiger charge is 2.18. The van der Waals surface area contributed by atoms with Crippen molar-refractivity contribution in [2.24, 2.45) is 5.92 Å². The van der Waals surface area contributed by atoms with Crippen LogP contribution in [0.5, 0.6) is 5.75 Å². The van der Waals surface area contributed by atoms with Crippen molar-refractivity contribution in [1.29, 1.82) is 0 Å². The van der Waals surface area contributed by atoms with Crippen molar-refractivity contribution in [1.82, 2.24) is 4.90 Å². The Kier molecular flexibility index (Phi) is 6.71. The van der Waals surface area contributed by atoms with Crippen LogP contribution in [-0.2, 0) is 4.79 Å². The molecule has 0 aliphatic carbocycles. The Labute approximate surface area is 120 Å². The number of halogens is 1. The van der Waals surface area contributed by atoms with Crippen LogP contribution in [0.25, 0.3) is 0 Å². The predicted molar refractivity (Wildman–Crippen MR) is 78.7 cm³/mol. The van der Waals surface area contributed by atoms with Crippen LogP contribution in [-0.4, -0.2) is 31.0 Å². The predicted octanol–water partition coefficient (Wildman–Crippen LogP) is 3.61. The fourth-order valence-corrected chi connectivity index (χ4v) is 2.10. The largest absolute Gasteiger partial charge is 0.492 e. The van der Waals surface area contributed by atoms with Gasteiger partial charge in [0, 0.05) is 18.0 Å². The lowest BCUT2D eigenvalue weighted by molar-refractivity contribution is -0.134. The second kappa shape index (κ2) is 8.05. The second-order valence-electron chi connectivity index (χ2n) is 4.58. The molecule has 0 radical (unpaired) electrons. The van der Waals surface area contributed by atoms with Crippen LogP contribution in [0.3, 0.4) is 0 Å². The lowest BCUT2D eigenvalue weighted by Gasteiger charge is -2.22. The van der Waals surface area contributed by atoms with Gasteiger partial charge < -0.3 is 9.64 Å². The van der Waals surface area contributed by atoms with Crippen molar-refractivity contribution in [3.05, 3.63) is 29.3 Å². The number of likely N-dealkylation sites (N-methyl/N-ethyl adjacent to an activating group) is 1. The van der Waals surface area contributed by atoms with E-state index in [1.807, 2.05) is 33.0 Å². The third-order valence-corrected chi connectivity index (χ3v) is 3.44. The number of ether oxygens (including phenoxy) is 1. The van der Waals surface area contributed by atoms with E-state index < -0.39 is 0 Å². The van der Waals surface area contributed by atoms with Crippen molar-refractivity contribution < 1.29 is 9.53 Å². The summed E-state index contributed by atoms with van der Waals surface area (Å²) in [5.74, 6) is 1.05. The molecule has 0 saturated carbocycles. The molecule has 0 unspecified atom stereocenters. The van der Waals surface area contributed by atoms with E-state index in [0.717, 1.165) is 18.6 Å². The van der Waals surface area contributed by atoms with Gasteiger partial charge in [0.05, 0.1) is 6.54 Å². The van der Waals surface area contributed by atoms with Gasteiger partial charge in [0.25, 0.3) is 0 Å². The SMILES string of the molecule is CCC(CC)C(=O)N(C)CCOc1cccc(Cl)c1. The van der Waals surface area contributed by atoms with Crippen LogP contribution >= 0.6 is 11.6 Å². The molecule has 0 saturated heterocycles. The molecule has 0 N–H and O–H groups in total. The first-order valence-corrected chi connectivity index (χ1v) is 7.09. The third-order valence-electron chi connectivity index (χ3n) is 3.20. The highest BCUT2D eigenvalue weighted by molar-refractivity contribution is 6.30. The summed E-state index contributed by atoms with van der Waals surface area (Å²) >= 11 is 5.87. The quantitative estimate of drug-likeness (QED) is 0.765. The molecule has 0 bridgehead atoms. The maximum atomic E-state index is 12.1. The molecule has 1 aromatic rings. The van der Waals surface area contributed by atoms with E-state index in [1.54, 1.807) is 17.0 Å². The monoisotopic (exact) mass is 283 g/mol. The third kappa shape index (κ3) is 5.11. The molecule has 0 spiro atoms. The number of carbonyl (C=O) groups is 1. The Hall–Kier alpha value is -1.22. The molecule has 0 atom stereocenters. The van der Waals surface area contributed by atoms with Gasteiger partial charge in [-0.05, 0) is 31.0 Å². The molecular formula is C15H22ClNO2. The molecular weight excluding hydrogens is 262 g/mol. The number of amides is 1. The highest BCUT2D eigenvalue weighted by atomic mass is 35.5. The van der Waals surface area contributed by atoms with Crippen molar-refractivity contribution in [2.45, 2.75) is 26.7 Å². The van der Waals surface area contributed by atoms with Crippen LogP contribution in [0.2, 0.25) is 5.02 Å². The van der Waals surface area contributed by atoms with E-state index in [9.17, 15) is 4.79 Å². The average molecular weight is 284 g/mol. The number of hydrogen-bond donors (Lipinski definition) is 0. The van der Waals surface area contributed by atoms with Gasteiger partial charge >= 0.3 is 0 Å². The van der Waals surface area contributed by atoms with Gasteiger partial charge in [-0.1, -0.05) is 31.5 Å². The smallest absolute Gasteiger partial charge is 0.225 e. The van der Waals surface area contributed by atoms with Gasteiger partial charge in [-0.15, -0.1) is 0 Å². The van der Waals surface area contributed by atoms with Crippen LogP contribution in [0.15, 0.2) is 24.3 Å². The molecule has 3 nitrogen and oxygen atoms in total. The molecule has 0 aliphatic heterocycles. The fraction of sp³-hybridized carbons (Fsp3) is 0.533. The Balaban J connectivity index is 2.38. The standard InChI is InChI=1S/C15H22ClNO2/c1-4-12(5-2)15(18)17(3)9-10-19-14-8-6-7-13(16)11-14/h6-8,11-12H,4-5,9-10H2,1-3H3. The molecule has 19 heavy (non-hydrogen) atoms. The Bertz CT molecular complexity index is 405. The second-order valence-corrected chi connectivity index (χ2v) is 5.02. The summed E-state index contributed by atoms with van der Waals surface area (Å²) in [6.45, 7) is 5.15. The Morgan fingerprint density at radius 1 is 1.37 bits per heavy atom. The molecule has 0 fully saturated rings. The highest BCUT2D eigenvalue weighted by Crippen LogP contribution is 2.17. The fourth-order valence-electron chi connectivity index (χ4n) is 1.92. The number of nitrogens with zero attached hydrogens (tertiary/aromatic N) is 1. The first-order chi connectivity index (χ1) is 9.08. The summed E-state index contributed by atoms with van der Waals surface area (Å²) in [4.78, 5) is 13.8. The first-order valence-electron chi connectivity index (χ1n) is 6.71. The number of carbonyl (C=O) groups excluding carboxylic acids is 1. The minimum atomic E-state index is 0.121. The number of hydrogen-bond acceptors (Lipinski definition) is 2. The molecule has 0 aromatic heterocycles. The summed E-state index contributed by atoms with van der Waals surface area (Å²) in [5.41, 5.74) is 0. The number of rotatable bonds is 7. The van der Waals surface area contributed by atoms with E-state index in [1.165, 1.54) is 0 Å². The zero-order chi connectivity index (χ0) is 14.3. The van der Waals surface area contributed by atoms with Gasteiger partial charge in [0.2, 0.25) is 5.91 Å². The lowest BCUT2D eigenvalue weighted by Crippen LogP contribution is -2.35. The molecule has 1 rings (SSSR count). The maximum Gasteiger partial charge on any atom is 0.225 e. The summed E-state index contributed by atoms with van der Waals surface area (Å²) in [6, 6.07) is 7.27.